The van der Waals surface area contributed by atoms with Crippen LogP contribution >= 0.6 is 0 Å². The second-order valence-corrected chi connectivity index (χ2v) is 3.40. The van der Waals surface area contributed by atoms with Crippen LogP contribution in [0.5, 0.6) is 5.75 Å². The van der Waals surface area contributed by atoms with E-state index in [1.807, 2.05) is 0 Å². The molecule has 1 amide bonds. The fraction of sp³-hybridized carbons (Fsp3) is 0. The lowest BCUT2D eigenvalue weighted by Crippen LogP contribution is -2.11. The van der Waals surface area contributed by atoms with Gasteiger partial charge >= 0.3 is 0 Å². The average molecular weight is 248 g/mol. The third kappa shape index (κ3) is 2.26. The zero-order valence-electron chi connectivity index (χ0n) is 8.95. The number of non-ortho nitro benzene ring substituents is 1. The first-order chi connectivity index (χ1) is 8.58. The van der Waals surface area contributed by atoms with Gasteiger partial charge in [0.2, 0.25) is 0 Å². The lowest BCUT2D eigenvalue weighted by atomic mass is 10.2. The number of aromatic nitrogens is 2. The molecule has 1 aromatic carbocycles. The molecule has 0 aliphatic heterocycles. The molecule has 92 valence electrons. The van der Waals surface area contributed by atoms with Crippen LogP contribution in [0.1, 0.15) is 10.4 Å². The Balaban J connectivity index is 2.20. The molecule has 0 unspecified atom stereocenters. The highest BCUT2D eigenvalue weighted by Gasteiger charge is 2.13. The summed E-state index contributed by atoms with van der Waals surface area (Å²) in [6, 6.07) is 3.40. The van der Waals surface area contributed by atoms with Gasteiger partial charge < -0.3 is 10.4 Å². The van der Waals surface area contributed by atoms with E-state index in [1.165, 1.54) is 24.5 Å². The summed E-state index contributed by atoms with van der Waals surface area (Å²) < 4.78 is 0. The van der Waals surface area contributed by atoms with E-state index in [-0.39, 0.29) is 22.7 Å². The predicted molar refractivity (Wildman–Crippen MR) is 61.3 cm³/mol. The summed E-state index contributed by atoms with van der Waals surface area (Å²) in [6.07, 6.45) is 2.70. The van der Waals surface area contributed by atoms with Gasteiger partial charge in [0.1, 0.15) is 5.75 Å². The quantitative estimate of drug-likeness (QED) is 0.429. The van der Waals surface area contributed by atoms with Crippen LogP contribution in [-0.4, -0.2) is 26.1 Å². The number of anilines is 1. The Bertz CT molecular complexity index is 594. The molecule has 0 bridgehead atoms. The highest BCUT2D eigenvalue weighted by Crippen LogP contribution is 2.28. The van der Waals surface area contributed by atoms with Gasteiger partial charge in [0.05, 0.1) is 28.4 Å². The molecule has 0 atom stereocenters. The molecule has 8 nitrogen and oxygen atoms in total. The summed E-state index contributed by atoms with van der Waals surface area (Å²) in [5, 5.41) is 28.5. The fourth-order valence-corrected chi connectivity index (χ4v) is 1.31. The lowest BCUT2D eigenvalue weighted by molar-refractivity contribution is -0.384. The molecule has 0 saturated carbocycles. The van der Waals surface area contributed by atoms with Crippen molar-refractivity contribution in [2.24, 2.45) is 0 Å². The number of phenolic OH excluding ortho intramolecular Hbond substituents is 1. The number of H-pyrrole nitrogens is 1. The van der Waals surface area contributed by atoms with E-state index >= 15 is 0 Å². The maximum Gasteiger partial charge on any atom is 0.273 e. The third-order valence-corrected chi connectivity index (χ3v) is 2.20. The second kappa shape index (κ2) is 4.53. The van der Waals surface area contributed by atoms with Gasteiger partial charge in [-0.15, -0.1) is 0 Å². The molecule has 0 fully saturated rings. The van der Waals surface area contributed by atoms with Crippen molar-refractivity contribution in [3.8, 4) is 5.75 Å². The van der Waals surface area contributed by atoms with Crippen molar-refractivity contribution < 1.29 is 14.8 Å². The van der Waals surface area contributed by atoms with E-state index < -0.39 is 10.8 Å². The topological polar surface area (TPSA) is 121 Å². The Morgan fingerprint density at radius 1 is 1.50 bits per heavy atom. The number of aromatic amines is 1. The number of amides is 1. The average Bonchev–Trinajstić information content (AvgIpc) is 2.85. The Morgan fingerprint density at radius 2 is 2.28 bits per heavy atom. The summed E-state index contributed by atoms with van der Waals surface area (Å²) in [5.41, 5.74) is 0.119. The highest BCUT2D eigenvalue weighted by atomic mass is 16.6. The van der Waals surface area contributed by atoms with Crippen molar-refractivity contribution in [1.82, 2.24) is 10.2 Å². The van der Waals surface area contributed by atoms with Gasteiger partial charge in [0.15, 0.2) is 0 Å². The molecular weight excluding hydrogens is 240 g/mol. The summed E-state index contributed by atoms with van der Waals surface area (Å²) in [5.74, 6) is -0.853. The number of carbonyl (C=O) groups is 1. The largest absolute Gasteiger partial charge is 0.506 e. The van der Waals surface area contributed by atoms with E-state index in [0.717, 1.165) is 6.07 Å². The van der Waals surface area contributed by atoms with Crippen molar-refractivity contribution in [3.05, 3.63) is 46.3 Å². The van der Waals surface area contributed by atoms with Gasteiger partial charge in [0.25, 0.3) is 11.6 Å². The Hall–Kier alpha value is -2.90. The summed E-state index contributed by atoms with van der Waals surface area (Å²) >= 11 is 0. The van der Waals surface area contributed by atoms with Crippen molar-refractivity contribution in [1.29, 1.82) is 0 Å². The first kappa shape index (κ1) is 11.6. The molecule has 18 heavy (non-hydrogen) atoms. The number of nitro benzene ring substituents is 1. The minimum Gasteiger partial charge on any atom is -0.506 e. The van der Waals surface area contributed by atoms with Crippen molar-refractivity contribution in [2.45, 2.75) is 0 Å². The van der Waals surface area contributed by atoms with E-state index in [4.69, 9.17) is 0 Å². The van der Waals surface area contributed by atoms with Crippen LogP contribution in [0.15, 0.2) is 30.6 Å². The van der Waals surface area contributed by atoms with E-state index in [9.17, 15) is 20.0 Å². The van der Waals surface area contributed by atoms with Gasteiger partial charge in [-0.25, -0.2) is 0 Å². The monoisotopic (exact) mass is 248 g/mol. The van der Waals surface area contributed by atoms with Crippen molar-refractivity contribution in [2.75, 3.05) is 5.32 Å². The zero-order valence-corrected chi connectivity index (χ0v) is 8.95. The zero-order chi connectivity index (χ0) is 13.1. The lowest BCUT2D eigenvalue weighted by Gasteiger charge is -2.05. The SMILES string of the molecule is O=C(Nc1ccc([N+](=O)[O-])cc1O)c1cn[nH]c1. The number of hydrogen-bond acceptors (Lipinski definition) is 5. The fourth-order valence-electron chi connectivity index (χ4n) is 1.31. The smallest absolute Gasteiger partial charge is 0.273 e. The highest BCUT2D eigenvalue weighted by molar-refractivity contribution is 6.04. The van der Waals surface area contributed by atoms with Gasteiger partial charge in [-0.1, -0.05) is 0 Å². The third-order valence-electron chi connectivity index (χ3n) is 2.20. The molecule has 2 rings (SSSR count). The predicted octanol–water partition coefficient (Wildman–Crippen LogP) is 1.28. The first-order valence-corrected chi connectivity index (χ1v) is 4.85. The summed E-state index contributed by atoms with van der Waals surface area (Å²) in [7, 11) is 0. The molecule has 8 heteroatoms. The van der Waals surface area contributed by atoms with E-state index in [0.29, 0.717) is 0 Å². The Morgan fingerprint density at radius 3 is 2.83 bits per heavy atom. The van der Waals surface area contributed by atoms with Crippen LogP contribution < -0.4 is 5.32 Å². The number of rotatable bonds is 3. The summed E-state index contributed by atoms with van der Waals surface area (Å²) in [6.45, 7) is 0. The molecule has 3 N–H and O–H groups in total. The maximum atomic E-state index is 11.6. The van der Waals surface area contributed by atoms with Crippen LogP contribution in [0, 0.1) is 10.1 Å². The molecule has 1 aromatic heterocycles. The number of aromatic hydroxyl groups is 1. The number of phenols is 1. The molecule has 0 saturated heterocycles. The number of nitrogens with zero attached hydrogens (tertiary/aromatic N) is 2. The number of nitrogens with one attached hydrogen (secondary N) is 2. The standard InChI is InChI=1S/C10H8N4O4/c15-9-3-7(14(17)18)1-2-8(9)13-10(16)6-4-11-12-5-6/h1-5,15H,(H,11,12)(H,13,16). The summed E-state index contributed by atoms with van der Waals surface area (Å²) in [4.78, 5) is 21.5. The van der Waals surface area contributed by atoms with E-state index in [1.54, 1.807) is 0 Å². The van der Waals surface area contributed by atoms with Crippen LogP contribution in [0.4, 0.5) is 11.4 Å². The number of hydrogen-bond donors (Lipinski definition) is 3. The molecule has 0 radical (unpaired) electrons. The molecule has 2 aromatic rings. The number of nitro groups is 1. The van der Waals surface area contributed by atoms with Crippen LogP contribution in [0.3, 0.4) is 0 Å². The van der Waals surface area contributed by atoms with Gasteiger partial charge in [0, 0.05) is 12.3 Å². The molecule has 0 aliphatic carbocycles. The van der Waals surface area contributed by atoms with Crippen LogP contribution in [0.25, 0.3) is 0 Å². The normalized spacial score (nSPS) is 10.0. The van der Waals surface area contributed by atoms with Gasteiger partial charge in [-0.05, 0) is 6.07 Å². The molecule has 0 aliphatic rings. The number of benzene rings is 1. The van der Waals surface area contributed by atoms with Crippen LogP contribution in [0.2, 0.25) is 0 Å². The number of carbonyl (C=O) groups excluding carboxylic acids is 1. The minimum absolute atomic E-state index is 0.0896. The van der Waals surface area contributed by atoms with Crippen molar-refractivity contribution in [3.63, 3.8) is 0 Å². The maximum absolute atomic E-state index is 11.6. The van der Waals surface area contributed by atoms with Crippen molar-refractivity contribution >= 4 is 17.3 Å². The van der Waals surface area contributed by atoms with Gasteiger partial charge in [-0.3, -0.25) is 20.0 Å². The van der Waals surface area contributed by atoms with E-state index in [2.05, 4.69) is 15.5 Å². The van der Waals surface area contributed by atoms with Crippen LogP contribution in [-0.2, 0) is 0 Å². The first-order valence-electron chi connectivity index (χ1n) is 4.85. The Labute approximate surface area is 100 Å². The van der Waals surface area contributed by atoms with Gasteiger partial charge in [-0.2, -0.15) is 5.10 Å². The second-order valence-electron chi connectivity index (χ2n) is 3.40. The molecular formula is C10H8N4O4. The Kier molecular flexibility index (Phi) is 2.92. The molecule has 1 heterocycles. The molecule has 0 spiro atoms. The minimum atomic E-state index is -0.638.